The summed E-state index contributed by atoms with van der Waals surface area (Å²) in [6.45, 7) is 3.23. The van der Waals surface area contributed by atoms with E-state index < -0.39 is 0 Å². The number of hydrogen-bond donors (Lipinski definition) is 0. The molecule has 0 amide bonds. The van der Waals surface area contributed by atoms with Crippen molar-refractivity contribution >= 4 is 11.7 Å². The molecule has 0 bridgehead atoms. The summed E-state index contributed by atoms with van der Waals surface area (Å²) >= 11 is 0. The van der Waals surface area contributed by atoms with E-state index in [1.165, 1.54) is 12.6 Å². The Morgan fingerprint density at radius 3 is 2.80 bits per heavy atom. The number of hydrogen-bond acceptors (Lipinski definition) is 3. The monoisotopic (exact) mass is 205 g/mol. The smallest absolute Gasteiger partial charge is 0.302 e. The van der Waals surface area contributed by atoms with Crippen LogP contribution in [0.3, 0.4) is 0 Å². The normalized spacial score (nSPS) is 20.3. The number of rotatable bonds is 2. The molecule has 1 aliphatic rings. The minimum atomic E-state index is -0.185. The van der Waals surface area contributed by atoms with Gasteiger partial charge in [-0.3, -0.25) is 4.79 Å². The third-order valence-corrected chi connectivity index (χ3v) is 2.60. The van der Waals surface area contributed by atoms with Crippen molar-refractivity contribution in [1.29, 1.82) is 0 Å². The third-order valence-electron chi connectivity index (χ3n) is 2.60. The van der Waals surface area contributed by atoms with Gasteiger partial charge in [-0.25, -0.2) is 0 Å². The molecule has 1 fully saturated rings. The Labute approximate surface area is 89.7 Å². The third kappa shape index (κ3) is 2.49. The molecule has 1 atom stereocenters. The first-order chi connectivity index (χ1) is 7.25. The van der Waals surface area contributed by atoms with Crippen LogP contribution in [0.25, 0.3) is 0 Å². The van der Waals surface area contributed by atoms with Crippen LogP contribution >= 0.6 is 0 Å². The summed E-state index contributed by atoms with van der Waals surface area (Å²) < 4.78 is 5.18. The van der Waals surface area contributed by atoms with Crippen molar-refractivity contribution in [3.63, 3.8) is 0 Å². The Balaban J connectivity index is 1.96. The highest BCUT2D eigenvalue weighted by molar-refractivity contribution is 5.66. The maximum atomic E-state index is 10.8. The Morgan fingerprint density at radius 1 is 1.40 bits per heavy atom. The number of ether oxygens (including phenoxy) is 1. The van der Waals surface area contributed by atoms with E-state index in [1.807, 2.05) is 18.2 Å². The maximum absolute atomic E-state index is 10.8. The van der Waals surface area contributed by atoms with Crippen molar-refractivity contribution < 1.29 is 9.53 Å². The zero-order chi connectivity index (χ0) is 10.7. The topological polar surface area (TPSA) is 29.5 Å². The number of para-hydroxylation sites is 1. The molecular weight excluding hydrogens is 190 g/mol. The Hall–Kier alpha value is -1.51. The van der Waals surface area contributed by atoms with E-state index in [0.717, 1.165) is 19.5 Å². The first-order valence-electron chi connectivity index (χ1n) is 5.23. The molecule has 3 nitrogen and oxygen atoms in total. The van der Waals surface area contributed by atoms with Crippen molar-refractivity contribution in [1.82, 2.24) is 0 Å². The molecule has 0 aliphatic carbocycles. The quantitative estimate of drug-likeness (QED) is 0.690. The van der Waals surface area contributed by atoms with Gasteiger partial charge in [-0.1, -0.05) is 18.2 Å². The Kier molecular flexibility index (Phi) is 2.90. The Morgan fingerprint density at radius 2 is 2.13 bits per heavy atom. The lowest BCUT2D eigenvalue weighted by atomic mass is 10.3. The van der Waals surface area contributed by atoms with E-state index in [9.17, 15) is 4.79 Å². The number of nitrogens with zero attached hydrogens (tertiary/aromatic N) is 1. The molecule has 1 heterocycles. The van der Waals surface area contributed by atoms with Crippen LogP contribution in [0.2, 0.25) is 0 Å². The molecule has 0 saturated carbocycles. The number of anilines is 1. The second kappa shape index (κ2) is 4.34. The molecule has 1 aromatic rings. The van der Waals surface area contributed by atoms with Gasteiger partial charge < -0.3 is 9.64 Å². The first kappa shape index (κ1) is 10.0. The number of esters is 1. The molecule has 1 aromatic carbocycles. The SMILES string of the molecule is CC(=O)OC1CCN(c2ccccc2)C1. The van der Waals surface area contributed by atoms with Crippen molar-refractivity contribution in [2.75, 3.05) is 18.0 Å². The highest BCUT2D eigenvalue weighted by Gasteiger charge is 2.24. The summed E-state index contributed by atoms with van der Waals surface area (Å²) in [6, 6.07) is 10.2. The summed E-state index contributed by atoms with van der Waals surface area (Å²) in [6.07, 6.45) is 0.983. The second-order valence-electron chi connectivity index (χ2n) is 3.80. The highest BCUT2D eigenvalue weighted by Crippen LogP contribution is 2.21. The number of carbonyl (C=O) groups excluding carboxylic acids is 1. The van der Waals surface area contributed by atoms with Crippen LogP contribution in [0, 0.1) is 0 Å². The van der Waals surface area contributed by atoms with E-state index in [1.54, 1.807) is 0 Å². The lowest BCUT2D eigenvalue weighted by molar-refractivity contribution is -0.145. The summed E-state index contributed by atoms with van der Waals surface area (Å²) in [5, 5.41) is 0. The van der Waals surface area contributed by atoms with Gasteiger partial charge in [0.15, 0.2) is 0 Å². The van der Waals surface area contributed by atoms with Gasteiger partial charge in [-0.05, 0) is 12.1 Å². The van der Waals surface area contributed by atoms with Crippen LogP contribution in [0.5, 0.6) is 0 Å². The predicted octanol–water partition coefficient (Wildman–Crippen LogP) is 1.83. The lowest BCUT2D eigenvalue weighted by Crippen LogP contribution is -2.23. The summed E-state index contributed by atoms with van der Waals surface area (Å²) in [4.78, 5) is 13.0. The fourth-order valence-electron chi connectivity index (χ4n) is 1.93. The van der Waals surface area contributed by atoms with Gasteiger partial charge in [0.1, 0.15) is 6.10 Å². The van der Waals surface area contributed by atoms with Crippen LogP contribution < -0.4 is 4.90 Å². The Bertz CT molecular complexity index is 337. The zero-order valence-electron chi connectivity index (χ0n) is 8.85. The van der Waals surface area contributed by atoms with Crippen LogP contribution in [0.4, 0.5) is 5.69 Å². The molecule has 0 radical (unpaired) electrons. The molecule has 2 rings (SSSR count). The van der Waals surface area contributed by atoms with Crippen molar-refractivity contribution in [3.05, 3.63) is 30.3 Å². The molecule has 0 N–H and O–H groups in total. The molecule has 15 heavy (non-hydrogen) atoms. The van der Waals surface area contributed by atoms with Crippen LogP contribution in [-0.4, -0.2) is 25.2 Å². The van der Waals surface area contributed by atoms with Gasteiger partial charge in [0, 0.05) is 25.6 Å². The molecule has 1 saturated heterocycles. The molecule has 3 heteroatoms. The van der Waals surface area contributed by atoms with E-state index in [0.29, 0.717) is 0 Å². The van der Waals surface area contributed by atoms with Gasteiger partial charge in [0.2, 0.25) is 0 Å². The minimum Gasteiger partial charge on any atom is -0.461 e. The van der Waals surface area contributed by atoms with Gasteiger partial charge in [-0.2, -0.15) is 0 Å². The van der Waals surface area contributed by atoms with Gasteiger partial charge in [0.05, 0.1) is 6.54 Å². The first-order valence-corrected chi connectivity index (χ1v) is 5.23. The van der Waals surface area contributed by atoms with Crippen molar-refractivity contribution in [3.8, 4) is 0 Å². The summed E-state index contributed by atoms with van der Waals surface area (Å²) in [5.74, 6) is -0.185. The van der Waals surface area contributed by atoms with Crippen LogP contribution in [0.15, 0.2) is 30.3 Å². The maximum Gasteiger partial charge on any atom is 0.302 e. The largest absolute Gasteiger partial charge is 0.461 e. The zero-order valence-corrected chi connectivity index (χ0v) is 8.85. The highest BCUT2D eigenvalue weighted by atomic mass is 16.5. The van der Waals surface area contributed by atoms with Gasteiger partial charge in [0.25, 0.3) is 0 Å². The van der Waals surface area contributed by atoms with E-state index in [2.05, 4.69) is 17.0 Å². The lowest BCUT2D eigenvalue weighted by Gasteiger charge is -2.18. The molecular formula is C12H15NO2. The van der Waals surface area contributed by atoms with Crippen LogP contribution in [0.1, 0.15) is 13.3 Å². The van der Waals surface area contributed by atoms with E-state index >= 15 is 0 Å². The molecule has 0 aromatic heterocycles. The standard InChI is InChI=1S/C12H15NO2/c1-10(14)15-12-7-8-13(9-12)11-5-3-2-4-6-11/h2-6,12H,7-9H2,1H3. The van der Waals surface area contributed by atoms with E-state index in [4.69, 9.17) is 4.74 Å². The average molecular weight is 205 g/mol. The van der Waals surface area contributed by atoms with E-state index in [-0.39, 0.29) is 12.1 Å². The van der Waals surface area contributed by atoms with Crippen molar-refractivity contribution in [2.24, 2.45) is 0 Å². The van der Waals surface area contributed by atoms with Gasteiger partial charge >= 0.3 is 5.97 Å². The predicted molar refractivity (Wildman–Crippen MR) is 58.8 cm³/mol. The number of benzene rings is 1. The van der Waals surface area contributed by atoms with Crippen molar-refractivity contribution in [2.45, 2.75) is 19.4 Å². The number of carbonyl (C=O) groups is 1. The molecule has 0 spiro atoms. The average Bonchev–Trinajstić information content (AvgIpc) is 2.67. The molecule has 1 unspecified atom stereocenters. The summed E-state index contributed by atoms with van der Waals surface area (Å²) in [5.41, 5.74) is 1.20. The molecule has 1 aliphatic heterocycles. The molecule has 80 valence electrons. The fraction of sp³-hybridized carbons (Fsp3) is 0.417. The second-order valence-corrected chi connectivity index (χ2v) is 3.80. The fourth-order valence-corrected chi connectivity index (χ4v) is 1.93. The minimum absolute atomic E-state index is 0.0581. The van der Waals surface area contributed by atoms with Gasteiger partial charge in [-0.15, -0.1) is 0 Å². The van der Waals surface area contributed by atoms with Crippen LogP contribution in [-0.2, 0) is 9.53 Å². The summed E-state index contributed by atoms with van der Waals surface area (Å²) in [7, 11) is 0.